The predicted octanol–water partition coefficient (Wildman–Crippen LogP) is 0.497. The molecule has 1 saturated heterocycles. The van der Waals surface area contributed by atoms with Crippen molar-refractivity contribution in [1.82, 2.24) is 15.5 Å². The summed E-state index contributed by atoms with van der Waals surface area (Å²) in [6, 6.07) is 0. The molecule has 3 rings (SSSR count). The van der Waals surface area contributed by atoms with E-state index in [4.69, 9.17) is 4.74 Å². The summed E-state index contributed by atoms with van der Waals surface area (Å²) in [4.78, 5) is 11.8. The van der Waals surface area contributed by atoms with E-state index in [1.54, 1.807) is 6.20 Å². The minimum absolute atomic E-state index is 0.0967. The molecule has 2 aliphatic rings. The first-order valence-corrected chi connectivity index (χ1v) is 5.26. The van der Waals surface area contributed by atoms with Crippen LogP contribution in [0.4, 0.5) is 0 Å². The van der Waals surface area contributed by atoms with Crippen LogP contribution in [0.25, 0.3) is 0 Å². The van der Waals surface area contributed by atoms with Crippen molar-refractivity contribution in [2.75, 3.05) is 13.1 Å². The molecule has 0 radical (unpaired) electrons. The fourth-order valence-corrected chi connectivity index (χ4v) is 2.36. The quantitative estimate of drug-likeness (QED) is 0.650. The highest BCUT2D eigenvalue weighted by Gasteiger charge is 2.42. The van der Waals surface area contributed by atoms with Gasteiger partial charge in [0.1, 0.15) is 5.60 Å². The Morgan fingerprint density at radius 2 is 2.20 bits per heavy atom. The van der Waals surface area contributed by atoms with Crippen LogP contribution >= 0.6 is 0 Å². The van der Waals surface area contributed by atoms with Gasteiger partial charge >= 0.3 is 0 Å². The summed E-state index contributed by atoms with van der Waals surface area (Å²) in [6.45, 7) is 1.83. The molecule has 5 nitrogen and oxygen atoms in total. The largest absolute Gasteiger partial charge is 0.483 e. The number of ketones is 1. The number of carbonyl (C=O) groups is 1. The summed E-state index contributed by atoms with van der Waals surface area (Å²) in [6.07, 6.45) is 3.91. The smallest absolute Gasteiger partial charge is 0.190 e. The monoisotopic (exact) mass is 207 g/mol. The number of aromatic amines is 1. The number of hydrogen-bond donors (Lipinski definition) is 2. The number of Topliss-reactive ketones (excluding diaryl/α,β-unsaturated/α-hetero) is 1. The predicted molar refractivity (Wildman–Crippen MR) is 53.0 cm³/mol. The Morgan fingerprint density at radius 3 is 3.00 bits per heavy atom. The van der Waals surface area contributed by atoms with Gasteiger partial charge in [-0.1, -0.05) is 0 Å². The van der Waals surface area contributed by atoms with E-state index in [0.717, 1.165) is 25.9 Å². The Balaban J connectivity index is 1.94. The highest BCUT2D eigenvalue weighted by atomic mass is 16.5. The highest BCUT2D eigenvalue weighted by molar-refractivity contribution is 5.98. The van der Waals surface area contributed by atoms with E-state index in [2.05, 4.69) is 15.5 Å². The van der Waals surface area contributed by atoms with Gasteiger partial charge < -0.3 is 10.1 Å². The minimum Gasteiger partial charge on any atom is -0.483 e. The van der Waals surface area contributed by atoms with E-state index in [-0.39, 0.29) is 11.4 Å². The second kappa shape index (κ2) is 3.06. The lowest BCUT2D eigenvalue weighted by Gasteiger charge is -2.39. The Morgan fingerprint density at radius 1 is 1.40 bits per heavy atom. The van der Waals surface area contributed by atoms with Crippen molar-refractivity contribution in [2.24, 2.45) is 0 Å². The molecule has 15 heavy (non-hydrogen) atoms. The lowest BCUT2D eigenvalue weighted by atomic mass is 9.84. The maximum atomic E-state index is 11.8. The molecular formula is C10H13N3O2. The third-order valence-corrected chi connectivity index (χ3v) is 3.19. The first-order valence-electron chi connectivity index (χ1n) is 5.26. The van der Waals surface area contributed by atoms with Gasteiger partial charge in [0.15, 0.2) is 17.2 Å². The molecule has 5 heteroatoms. The summed E-state index contributed by atoms with van der Waals surface area (Å²) in [5.74, 6) is 0.715. The zero-order chi connectivity index (χ0) is 10.3. The summed E-state index contributed by atoms with van der Waals surface area (Å²) in [5.41, 5.74) is 0.179. The summed E-state index contributed by atoms with van der Waals surface area (Å²) < 4.78 is 5.92. The van der Waals surface area contributed by atoms with Gasteiger partial charge in [-0.3, -0.25) is 9.89 Å². The fourth-order valence-electron chi connectivity index (χ4n) is 2.36. The number of nitrogens with one attached hydrogen (secondary N) is 2. The molecular weight excluding hydrogens is 194 g/mol. The number of carbonyl (C=O) groups excluding carboxylic acids is 1. The molecule has 0 aromatic carbocycles. The zero-order valence-electron chi connectivity index (χ0n) is 8.38. The minimum atomic E-state index is -0.279. The summed E-state index contributed by atoms with van der Waals surface area (Å²) >= 11 is 0. The molecule has 3 heterocycles. The number of rotatable bonds is 0. The summed E-state index contributed by atoms with van der Waals surface area (Å²) in [5, 5.41) is 9.86. The molecule has 2 N–H and O–H groups in total. The number of hydrogen-bond acceptors (Lipinski definition) is 4. The molecule has 1 fully saturated rings. The van der Waals surface area contributed by atoms with Gasteiger partial charge in [0.25, 0.3) is 0 Å². The van der Waals surface area contributed by atoms with Crippen molar-refractivity contribution in [3.63, 3.8) is 0 Å². The van der Waals surface area contributed by atoms with Gasteiger partial charge in [-0.05, 0) is 13.1 Å². The third-order valence-electron chi connectivity index (χ3n) is 3.19. The summed E-state index contributed by atoms with van der Waals surface area (Å²) in [7, 11) is 0. The molecule has 0 saturated carbocycles. The van der Waals surface area contributed by atoms with E-state index < -0.39 is 0 Å². The molecule has 0 atom stereocenters. The molecule has 0 unspecified atom stereocenters. The van der Waals surface area contributed by atoms with E-state index in [1.807, 2.05) is 0 Å². The van der Waals surface area contributed by atoms with Crippen LogP contribution in [0.15, 0.2) is 6.20 Å². The molecule has 2 aliphatic heterocycles. The molecule has 0 bridgehead atoms. The molecule has 80 valence electrons. The zero-order valence-corrected chi connectivity index (χ0v) is 8.38. The van der Waals surface area contributed by atoms with Crippen LogP contribution < -0.4 is 10.1 Å². The average molecular weight is 207 g/mol. The second-order valence-electron chi connectivity index (χ2n) is 4.23. The Hall–Kier alpha value is -1.36. The number of ether oxygens (including phenoxy) is 1. The first-order chi connectivity index (χ1) is 7.29. The highest BCUT2D eigenvalue weighted by Crippen LogP contribution is 2.36. The van der Waals surface area contributed by atoms with Gasteiger partial charge in [-0.15, -0.1) is 0 Å². The van der Waals surface area contributed by atoms with E-state index in [1.165, 1.54) is 0 Å². The topological polar surface area (TPSA) is 67.0 Å². The average Bonchev–Trinajstić information content (AvgIpc) is 2.67. The Bertz CT molecular complexity index is 393. The molecule has 1 aromatic rings. The van der Waals surface area contributed by atoms with Crippen molar-refractivity contribution < 1.29 is 9.53 Å². The lowest BCUT2D eigenvalue weighted by molar-refractivity contribution is 0.0186. The van der Waals surface area contributed by atoms with Crippen molar-refractivity contribution in [3.05, 3.63) is 11.9 Å². The molecule has 0 aliphatic carbocycles. The van der Waals surface area contributed by atoms with Crippen LogP contribution in [0.2, 0.25) is 0 Å². The van der Waals surface area contributed by atoms with Crippen LogP contribution in [0.5, 0.6) is 5.75 Å². The maximum absolute atomic E-state index is 11.8. The van der Waals surface area contributed by atoms with E-state index in [0.29, 0.717) is 17.9 Å². The van der Waals surface area contributed by atoms with Crippen LogP contribution in [0, 0.1) is 0 Å². The van der Waals surface area contributed by atoms with E-state index in [9.17, 15) is 4.79 Å². The van der Waals surface area contributed by atoms with Crippen molar-refractivity contribution in [1.29, 1.82) is 0 Å². The van der Waals surface area contributed by atoms with E-state index >= 15 is 0 Å². The second-order valence-corrected chi connectivity index (χ2v) is 4.23. The van der Waals surface area contributed by atoms with Crippen molar-refractivity contribution in [3.8, 4) is 5.75 Å². The standard InChI is InChI=1S/C10H13N3O2/c14-7-5-10(1-3-11-4-2-10)15-8-6-12-13-9(7)8/h6,11H,1-5H2,(H,12,13). The van der Waals surface area contributed by atoms with Crippen LogP contribution in [0.3, 0.4) is 0 Å². The molecule has 1 spiro atoms. The lowest BCUT2D eigenvalue weighted by Crippen LogP contribution is -2.49. The number of piperidine rings is 1. The molecule has 0 amide bonds. The van der Waals surface area contributed by atoms with Crippen LogP contribution in [-0.4, -0.2) is 34.7 Å². The van der Waals surface area contributed by atoms with Crippen molar-refractivity contribution in [2.45, 2.75) is 24.9 Å². The fraction of sp³-hybridized carbons (Fsp3) is 0.600. The van der Waals surface area contributed by atoms with Gasteiger partial charge in [0.05, 0.1) is 12.6 Å². The number of H-pyrrole nitrogens is 1. The number of nitrogens with zero attached hydrogens (tertiary/aromatic N) is 1. The third kappa shape index (κ3) is 1.34. The van der Waals surface area contributed by atoms with Crippen LogP contribution in [0.1, 0.15) is 29.8 Å². The maximum Gasteiger partial charge on any atom is 0.190 e. The van der Waals surface area contributed by atoms with Gasteiger partial charge in [0, 0.05) is 12.8 Å². The van der Waals surface area contributed by atoms with Crippen molar-refractivity contribution >= 4 is 5.78 Å². The number of aromatic nitrogens is 2. The number of fused-ring (bicyclic) bond motifs is 1. The Labute approximate surface area is 87.2 Å². The first kappa shape index (κ1) is 8.91. The normalized spacial score (nSPS) is 23.6. The molecule has 1 aromatic heterocycles. The van der Waals surface area contributed by atoms with Crippen LogP contribution in [-0.2, 0) is 0 Å². The SMILES string of the molecule is O=C1CC2(CCNCC2)Oc2c[nH]nc21. The van der Waals surface area contributed by atoms with Gasteiger partial charge in [0.2, 0.25) is 0 Å². The van der Waals surface area contributed by atoms with Gasteiger partial charge in [-0.2, -0.15) is 5.10 Å². The van der Waals surface area contributed by atoms with Gasteiger partial charge in [-0.25, -0.2) is 0 Å². The Kier molecular flexibility index (Phi) is 1.82.